The van der Waals surface area contributed by atoms with Crippen LogP contribution in [0.1, 0.15) is 12.5 Å². The zero-order chi connectivity index (χ0) is 10.7. The van der Waals surface area contributed by atoms with Gasteiger partial charge in [0.15, 0.2) is 0 Å². The van der Waals surface area contributed by atoms with E-state index in [-0.39, 0.29) is 18.2 Å². The van der Waals surface area contributed by atoms with Gasteiger partial charge in [0.05, 0.1) is 0 Å². The number of nitrogens with zero attached hydrogens (tertiary/aromatic N) is 1. The summed E-state index contributed by atoms with van der Waals surface area (Å²) in [6.07, 6.45) is 0. The number of halogens is 2. The average Bonchev–Trinajstić information content (AvgIpc) is 2.22. The molecule has 90 valence electrons. The molecule has 1 fully saturated rings. The van der Waals surface area contributed by atoms with Crippen molar-refractivity contribution in [1.82, 2.24) is 10.2 Å². The maximum Gasteiger partial charge on any atom is 0.123 e. The van der Waals surface area contributed by atoms with Crippen LogP contribution in [0.4, 0.5) is 4.39 Å². The first-order valence-corrected chi connectivity index (χ1v) is 5.45. The third kappa shape index (κ3) is 3.44. The maximum absolute atomic E-state index is 13.0. The fraction of sp³-hybridized carbons (Fsp3) is 0.500. The van der Waals surface area contributed by atoms with Crippen LogP contribution < -0.4 is 5.32 Å². The summed E-state index contributed by atoms with van der Waals surface area (Å²) in [5.74, 6) is -0.143. The molecule has 0 aliphatic carbocycles. The van der Waals surface area contributed by atoms with Gasteiger partial charge >= 0.3 is 0 Å². The third-order valence-electron chi connectivity index (χ3n) is 2.91. The summed E-state index contributed by atoms with van der Waals surface area (Å²) in [7, 11) is 0. The van der Waals surface area contributed by atoms with Gasteiger partial charge in [-0.1, -0.05) is 12.1 Å². The zero-order valence-corrected chi connectivity index (χ0v) is 10.3. The van der Waals surface area contributed by atoms with E-state index < -0.39 is 0 Å². The highest BCUT2D eigenvalue weighted by Gasteiger charge is 2.17. The van der Waals surface area contributed by atoms with Crippen molar-refractivity contribution in [2.24, 2.45) is 0 Å². The zero-order valence-electron chi connectivity index (χ0n) is 9.45. The Labute approximate surface area is 102 Å². The molecule has 2 nitrogen and oxygen atoms in total. The van der Waals surface area contributed by atoms with Crippen molar-refractivity contribution < 1.29 is 4.39 Å². The first kappa shape index (κ1) is 13.4. The molecule has 1 aliphatic rings. The number of nitrogens with one attached hydrogen (secondary N) is 1. The Morgan fingerprint density at radius 1 is 1.50 bits per heavy atom. The second-order valence-corrected chi connectivity index (χ2v) is 4.15. The second kappa shape index (κ2) is 6.18. The molecule has 0 amide bonds. The molecule has 1 aromatic rings. The molecule has 1 aliphatic heterocycles. The molecule has 0 saturated carbocycles. The van der Waals surface area contributed by atoms with Gasteiger partial charge in [-0.15, -0.1) is 12.4 Å². The topological polar surface area (TPSA) is 15.3 Å². The molecule has 4 heteroatoms. The molecule has 0 bridgehead atoms. The molecular formula is C12H18ClFN2. The van der Waals surface area contributed by atoms with Crippen molar-refractivity contribution in [1.29, 1.82) is 0 Å². The molecule has 1 N–H and O–H groups in total. The largest absolute Gasteiger partial charge is 0.314 e. The predicted molar refractivity (Wildman–Crippen MR) is 66.4 cm³/mol. The lowest BCUT2D eigenvalue weighted by Crippen LogP contribution is -2.49. The van der Waals surface area contributed by atoms with E-state index >= 15 is 0 Å². The van der Waals surface area contributed by atoms with Crippen molar-refractivity contribution >= 4 is 12.4 Å². The Morgan fingerprint density at radius 2 is 2.31 bits per heavy atom. The van der Waals surface area contributed by atoms with Gasteiger partial charge in [0.1, 0.15) is 5.82 Å². The fourth-order valence-corrected chi connectivity index (χ4v) is 1.99. The van der Waals surface area contributed by atoms with Crippen LogP contribution in [0.2, 0.25) is 0 Å². The predicted octanol–water partition coefficient (Wildman–Crippen LogP) is 2.04. The summed E-state index contributed by atoms with van der Waals surface area (Å²) in [6.45, 7) is 6.14. The number of hydrogen-bond acceptors (Lipinski definition) is 2. The number of hydrogen-bond donors (Lipinski definition) is 1. The van der Waals surface area contributed by atoms with Crippen LogP contribution in [0, 0.1) is 5.82 Å². The highest BCUT2D eigenvalue weighted by atomic mass is 35.5. The third-order valence-corrected chi connectivity index (χ3v) is 2.91. The Bertz CT molecular complexity index is 333. The number of benzene rings is 1. The lowest BCUT2D eigenvalue weighted by molar-refractivity contribution is 0.165. The minimum absolute atomic E-state index is 0. The summed E-state index contributed by atoms with van der Waals surface area (Å²) in [5.41, 5.74) is 1.06. The molecule has 1 saturated heterocycles. The van der Waals surface area contributed by atoms with Crippen molar-refractivity contribution in [3.8, 4) is 0 Å². The first-order chi connectivity index (χ1) is 7.25. The monoisotopic (exact) mass is 244 g/mol. The molecule has 0 radical (unpaired) electrons. The minimum Gasteiger partial charge on any atom is -0.314 e. The molecule has 0 aromatic heterocycles. The van der Waals surface area contributed by atoms with Crippen LogP contribution in [0.25, 0.3) is 0 Å². The standard InChI is InChI=1S/C12H17FN2.ClH/c1-10-8-14-5-6-15(10)9-11-3-2-4-12(13)7-11;/h2-4,7,10,14H,5-6,8-9H2,1H3;1H/t10-;/m0./s1. The van der Waals surface area contributed by atoms with E-state index in [2.05, 4.69) is 17.1 Å². The highest BCUT2D eigenvalue weighted by molar-refractivity contribution is 5.85. The number of piperazine rings is 1. The minimum atomic E-state index is -0.143. The second-order valence-electron chi connectivity index (χ2n) is 4.15. The van der Waals surface area contributed by atoms with Crippen molar-refractivity contribution in [2.45, 2.75) is 19.5 Å². The van der Waals surface area contributed by atoms with Gasteiger partial charge in [-0.3, -0.25) is 4.90 Å². The van der Waals surface area contributed by atoms with Crippen LogP contribution in [0.5, 0.6) is 0 Å². The van der Waals surface area contributed by atoms with E-state index in [1.54, 1.807) is 12.1 Å². The molecule has 16 heavy (non-hydrogen) atoms. The van der Waals surface area contributed by atoms with Gasteiger partial charge in [0.25, 0.3) is 0 Å². The van der Waals surface area contributed by atoms with Crippen LogP contribution in [-0.2, 0) is 6.54 Å². The van der Waals surface area contributed by atoms with Gasteiger partial charge in [-0.2, -0.15) is 0 Å². The molecule has 0 spiro atoms. The maximum atomic E-state index is 13.0. The molecule has 2 rings (SSSR count). The van der Waals surface area contributed by atoms with Gasteiger partial charge < -0.3 is 5.32 Å². The van der Waals surface area contributed by atoms with E-state index in [4.69, 9.17) is 0 Å². The van der Waals surface area contributed by atoms with E-state index in [9.17, 15) is 4.39 Å². The van der Waals surface area contributed by atoms with Gasteiger partial charge in [0, 0.05) is 32.2 Å². The summed E-state index contributed by atoms with van der Waals surface area (Å²) in [6, 6.07) is 7.40. The quantitative estimate of drug-likeness (QED) is 0.857. The summed E-state index contributed by atoms with van der Waals surface area (Å²) in [5, 5.41) is 3.35. The Hall–Kier alpha value is -0.640. The molecular weight excluding hydrogens is 227 g/mol. The van der Waals surface area contributed by atoms with Gasteiger partial charge in [-0.25, -0.2) is 4.39 Å². The van der Waals surface area contributed by atoms with E-state index in [0.717, 1.165) is 31.7 Å². The first-order valence-electron chi connectivity index (χ1n) is 5.45. The summed E-state index contributed by atoms with van der Waals surface area (Å²) < 4.78 is 13.0. The van der Waals surface area contributed by atoms with E-state index in [1.807, 2.05) is 6.07 Å². The lowest BCUT2D eigenvalue weighted by atomic mass is 10.1. The van der Waals surface area contributed by atoms with Gasteiger partial charge in [0.2, 0.25) is 0 Å². The number of rotatable bonds is 2. The molecule has 1 aromatic carbocycles. The Morgan fingerprint density at radius 3 is 3.00 bits per heavy atom. The Kier molecular flexibility index (Phi) is 5.19. The van der Waals surface area contributed by atoms with Gasteiger partial charge in [-0.05, 0) is 24.6 Å². The molecule has 0 unspecified atom stereocenters. The smallest absolute Gasteiger partial charge is 0.123 e. The van der Waals surface area contributed by atoms with Crippen molar-refractivity contribution in [3.05, 3.63) is 35.6 Å². The van der Waals surface area contributed by atoms with Crippen molar-refractivity contribution in [2.75, 3.05) is 19.6 Å². The van der Waals surface area contributed by atoms with E-state index in [1.165, 1.54) is 6.07 Å². The Balaban J connectivity index is 0.00000128. The van der Waals surface area contributed by atoms with Crippen molar-refractivity contribution in [3.63, 3.8) is 0 Å². The molecule has 1 heterocycles. The van der Waals surface area contributed by atoms with Crippen LogP contribution in [-0.4, -0.2) is 30.6 Å². The van der Waals surface area contributed by atoms with E-state index in [0.29, 0.717) is 6.04 Å². The molecule has 1 atom stereocenters. The van der Waals surface area contributed by atoms with Crippen LogP contribution in [0.3, 0.4) is 0 Å². The van der Waals surface area contributed by atoms with Crippen LogP contribution in [0.15, 0.2) is 24.3 Å². The summed E-state index contributed by atoms with van der Waals surface area (Å²) >= 11 is 0. The SMILES string of the molecule is C[C@H]1CNCCN1Cc1cccc(F)c1.Cl. The summed E-state index contributed by atoms with van der Waals surface area (Å²) in [4.78, 5) is 2.38. The average molecular weight is 245 g/mol. The lowest BCUT2D eigenvalue weighted by Gasteiger charge is -2.33. The highest BCUT2D eigenvalue weighted by Crippen LogP contribution is 2.11. The van der Waals surface area contributed by atoms with Crippen LogP contribution >= 0.6 is 12.4 Å². The fourth-order valence-electron chi connectivity index (χ4n) is 1.99. The normalized spacial score (nSPS) is 21.5.